The molecule has 1 heterocycles. The van der Waals surface area contributed by atoms with Crippen LogP contribution in [0.4, 0.5) is 10.1 Å². The second kappa shape index (κ2) is 7.73. The van der Waals surface area contributed by atoms with E-state index in [-0.39, 0.29) is 22.4 Å². The summed E-state index contributed by atoms with van der Waals surface area (Å²) < 4.78 is 40.1. The predicted octanol–water partition coefficient (Wildman–Crippen LogP) is 3.52. The van der Waals surface area contributed by atoms with Crippen molar-refractivity contribution in [3.8, 4) is 0 Å². The zero-order valence-corrected chi connectivity index (χ0v) is 15.4. The van der Waals surface area contributed by atoms with Crippen LogP contribution in [-0.4, -0.2) is 31.7 Å². The average molecular weight is 397 g/mol. The summed E-state index contributed by atoms with van der Waals surface area (Å²) in [6.07, 6.45) is 1.16. The van der Waals surface area contributed by atoms with Gasteiger partial charge in [0.1, 0.15) is 10.7 Å². The molecule has 1 aliphatic heterocycles. The first kappa shape index (κ1) is 18.8. The number of piperidine rings is 1. The van der Waals surface area contributed by atoms with Gasteiger partial charge in [0.25, 0.3) is 0 Å². The van der Waals surface area contributed by atoms with Gasteiger partial charge in [-0.1, -0.05) is 29.8 Å². The lowest BCUT2D eigenvalue weighted by Crippen LogP contribution is -2.43. The van der Waals surface area contributed by atoms with Gasteiger partial charge in [-0.2, -0.15) is 4.31 Å². The Morgan fingerprint density at radius 3 is 2.62 bits per heavy atom. The van der Waals surface area contributed by atoms with Crippen molar-refractivity contribution in [2.75, 3.05) is 18.4 Å². The fourth-order valence-electron chi connectivity index (χ4n) is 2.96. The number of nitrogens with zero attached hydrogens (tertiary/aromatic N) is 1. The van der Waals surface area contributed by atoms with Gasteiger partial charge in [0.05, 0.1) is 10.9 Å². The molecule has 26 heavy (non-hydrogen) atoms. The summed E-state index contributed by atoms with van der Waals surface area (Å²) in [5.41, 5.74) is 0.666. The highest BCUT2D eigenvalue weighted by molar-refractivity contribution is 7.89. The molecular formula is C18H18ClFN2O3S. The third kappa shape index (κ3) is 4.06. The number of benzene rings is 2. The molecule has 1 aliphatic rings. The number of anilines is 1. The van der Waals surface area contributed by atoms with Crippen molar-refractivity contribution in [3.05, 3.63) is 59.4 Å². The minimum absolute atomic E-state index is 0.0642. The van der Waals surface area contributed by atoms with Crippen molar-refractivity contribution in [1.82, 2.24) is 4.31 Å². The van der Waals surface area contributed by atoms with E-state index >= 15 is 0 Å². The van der Waals surface area contributed by atoms with Crippen LogP contribution in [-0.2, 0) is 14.8 Å². The molecule has 1 saturated heterocycles. The molecule has 8 heteroatoms. The van der Waals surface area contributed by atoms with E-state index in [9.17, 15) is 17.6 Å². The number of para-hydroxylation sites is 1. The van der Waals surface area contributed by atoms with Crippen LogP contribution in [0, 0.1) is 11.7 Å². The second-order valence-electron chi connectivity index (χ2n) is 6.13. The van der Waals surface area contributed by atoms with Gasteiger partial charge in [-0.25, -0.2) is 12.8 Å². The van der Waals surface area contributed by atoms with Crippen LogP contribution in [0.3, 0.4) is 0 Å². The molecule has 0 bridgehead atoms. The molecule has 1 amide bonds. The van der Waals surface area contributed by atoms with E-state index in [0.717, 1.165) is 18.2 Å². The fourth-order valence-corrected chi connectivity index (χ4v) is 4.99. The molecular weight excluding hydrogens is 379 g/mol. The SMILES string of the molecule is O=C(Nc1ccccc1)C1CCCN(S(=O)(=O)c2ccc(F)cc2Cl)C1. The highest BCUT2D eigenvalue weighted by Crippen LogP contribution is 2.29. The van der Waals surface area contributed by atoms with Crippen molar-refractivity contribution in [2.45, 2.75) is 17.7 Å². The summed E-state index contributed by atoms with van der Waals surface area (Å²) in [5, 5.41) is 2.64. The summed E-state index contributed by atoms with van der Waals surface area (Å²) >= 11 is 5.91. The van der Waals surface area contributed by atoms with Crippen LogP contribution in [0.5, 0.6) is 0 Å². The molecule has 0 radical (unpaired) electrons. The predicted molar refractivity (Wildman–Crippen MR) is 98.0 cm³/mol. The van der Waals surface area contributed by atoms with Crippen LogP contribution < -0.4 is 5.32 Å². The number of carbonyl (C=O) groups excluding carboxylic acids is 1. The Labute approximate surface area is 156 Å². The highest BCUT2D eigenvalue weighted by Gasteiger charge is 2.34. The van der Waals surface area contributed by atoms with Crippen molar-refractivity contribution in [1.29, 1.82) is 0 Å². The molecule has 1 fully saturated rings. The minimum atomic E-state index is -3.89. The molecule has 0 aliphatic carbocycles. The van der Waals surface area contributed by atoms with Gasteiger partial charge < -0.3 is 5.32 Å². The largest absolute Gasteiger partial charge is 0.326 e. The van der Waals surface area contributed by atoms with Gasteiger partial charge in [0, 0.05) is 18.8 Å². The summed E-state index contributed by atoms with van der Waals surface area (Å²) in [7, 11) is -3.89. The smallest absolute Gasteiger partial charge is 0.244 e. The lowest BCUT2D eigenvalue weighted by atomic mass is 9.99. The first-order valence-electron chi connectivity index (χ1n) is 8.19. The Kier molecular flexibility index (Phi) is 5.60. The quantitative estimate of drug-likeness (QED) is 0.859. The lowest BCUT2D eigenvalue weighted by molar-refractivity contribution is -0.120. The standard InChI is InChI=1S/C18H18ClFN2O3S/c19-16-11-14(20)8-9-17(16)26(24,25)22-10-4-5-13(12-22)18(23)21-15-6-2-1-3-7-15/h1-3,6-9,11,13H,4-5,10,12H2,(H,21,23). The summed E-state index contributed by atoms with van der Waals surface area (Å²) in [6, 6.07) is 12.2. The van der Waals surface area contributed by atoms with Crippen molar-refractivity contribution in [2.24, 2.45) is 5.92 Å². The van der Waals surface area contributed by atoms with Crippen LogP contribution in [0.1, 0.15) is 12.8 Å². The summed E-state index contributed by atoms with van der Waals surface area (Å²) in [4.78, 5) is 12.3. The molecule has 138 valence electrons. The molecule has 0 spiro atoms. The Morgan fingerprint density at radius 1 is 1.19 bits per heavy atom. The number of carbonyl (C=O) groups is 1. The van der Waals surface area contributed by atoms with Crippen LogP contribution in [0.2, 0.25) is 5.02 Å². The van der Waals surface area contributed by atoms with Gasteiger partial charge >= 0.3 is 0 Å². The fraction of sp³-hybridized carbons (Fsp3) is 0.278. The molecule has 1 N–H and O–H groups in total. The molecule has 5 nitrogen and oxygen atoms in total. The molecule has 2 aromatic carbocycles. The third-order valence-corrected chi connectivity index (χ3v) is 6.66. The van der Waals surface area contributed by atoms with E-state index in [4.69, 9.17) is 11.6 Å². The maximum Gasteiger partial charge on any atom is 0.244 e. The van der Waals surface area contributed by atoms with Gasteiger partial charge in [-0.05, 0) is 43.2 Å². The molecule has 1 atom stereocenters. The normalized spacial score (nSPS) is 18.5. The Hall–Kier alpha value is -1.96. The van der Waals surface area contributed by atoms with Crippen molar-refractivity contribution >= 4 is 33.2 Å². The van der Waals surface area contributed by atoms with Crippen LogP contribution >= 0.6 is 11.6 Å². The number of nitrogens with one attached hydrogen (secondary N) is 1. The van der Waals surface area contributed by atoms with E-state index in [0.29, 0.717) is 25.1 Å². The zero-order valence-electron chi connectivity index (χ0n) is 13.9. The second-order valence-corrected chi connectivity index (χ2v) is 8.45. The number of halogens is 2. The molecule has 0 saturated carbocycles. The monoisotopic (exact) mass is 396 g/mol. The molecule has 0 aromatic heterocycles. The topological polar surface area (TPSA) is 66.5 Å². The third-order valence-electron chi connectivity index (χ3n) is 4.31. The first-order chi connectivity index (χ1) is 12.4. The number of hydrogen-bond donors (Lipinski definition) is 1. The number of hydrogen-bond acceptors (Lipinski definition) is 3. The number of rotatable bonds is 4. The zero-order chi connectivity index (χ0) is 18.7. The van der Waals surface area contributed by atoms with Gasteiger partial charge in [-0.15, -0.1) is 0 Å². The van der Waals surface area contributed by atoms with Crippen LogP contribution in [0.25, 0.3) is 0 Å². The number of amides is 1. The van der Waals surface area contributed by atoms with Crippen LogP contribution in [0.15, 0.2) is 53.4 Å². The van der Waals surface area contributed by atoms with Crippen molar-refractivity contribution in [3.63, 3.8) is 0 Å². The van der Waals surface area contributed by atoms with Crippen molar-refractivity contribution < 1.29 is 17.6 Å². The summed E-state index contributed by atoms with van der Waals surface area (Å²) in [5.74, 6) is -1.29. The first-order valence-corrected chi connectivity index (χ1v) is 10.0. The average Bonchev–Trinajstić information content (AvgIpc) is 2.62. The van der Waals surface area contributed by atoms with E-state index in [1.165, 1.54) is 4.31 Å². The summed E-state index contributed by atoms with van der Waals surface area (Å²) in [6.45, 7) is 0.361. The Morgan fingerprint density at radius 2 is 1.92 bits per heavy atom. The van der Waals surface area contributed by atoms with Gasteiger partial charge in [0.2, 0.25) is 15.9 Å². The van der Waals surface area contributed by atoms with E-state index < -0.39 is 21.8 Å². The number of sulfonamides is 1. The van der Waals surface area contributed by atoms with Gasteiger partial charge in [0.15, 0.2) is 0 Å². The lowest BCUT2D eigenvalue weighted by Gasteiger charge is -2.31. The Balaban J connectivity index is 1.76. The van der Waals surface area contributed by atoms with E-state index in [2.05, 4.69) is 5.32 Å². The van der Waals surface area contributed by atoms with E-state index in [1.807, 2.05) is 18.2 Å². The molecule has 2 aromatic rings. The molecule has 3 rings (SSSR count). The maximum absolute atomic E-state index is 13.2. The molecule has 1 unspecified atom stereocenters. The van der Waals surface area contributed by atoms with E-state index in [1.54, 1.807) is 12.1 Å². The maximum atomic E-state index is 13.2. The Bertz CT molecular complexity index is 906. The minimum Gasteiger partial charge on any atom is -0.326 e. The highest BCUT2D eigenvalue weighted by atomic mass is 35.5. The van der Waals surface area contributed by atoms with Gasteiger partial charge in [-0.3, -0.25) is 4.79 Å².